The lowest BCUT2D eigenvalue weighted by molar-refractivity contribution is -0.263. The number of hydrogen-bond donors (Lipinski definition) is 1. The Bertz CT molecular complexity index is 1550. The number of amides is 1. The van der Waals surface area contributed by atoms with E-state index in [-0.39, 0.29) is 22.7 Å². The zero-order valence-corrected chi connectivity index (χ0v) is 23.9. The van der Waals surface area contributed by atoms with E-state index in [0.29, 0.717) is 17.1 Å². The Morgan fingerprint density at radius 3 is 2.07 bits per heavy atom. The van der Waals surface area contributed by atoms with Gasteiger partial charge >= 0.3 is 12.4 Å². The zero-order chi connectivity index (χ0) is 31.4. The maximum atomic E-state index is 14.9. The Morgan fingerprint density at radius 2 is 1.56 bits per heavy atom. The monoisotopic (exact) mass is 604 g/mol. The molecule has 5 nitrogen and oxygen atoms in total. The highest BCUT2D eigenvalue weighted by atomic mass is 19.4. The molecule has 0 spiro atoms. The highest BCUT2D eigenvalue weighted by Gasteiger charge is 2.74. The predicted octanol–water partition coefficient (Wildman–Crippen LogP) is 8.12. The van der Waals surface area contributed by atoms with Crippen LogP contribution in [0.2, 0.25) is 0 Å². The molecule has 2 aromatic rings. The molecule has 3 aliphatic rings. The Hall–Kier alpha value is -4.02. The van der Waals surface area contributed by atoms with E-state index in [9.17, 15) is 31.1 Å². The molecule has 0 bridgehead atoms. The Morgan fingerprint density at radius 1 is 0.953 bits per heavy atom. The molecule has 0 radical (unpaired) electrons. The number of allylic oxidation sites excluding steroid dienone is 4. The number of aliphatic imine (C=N–C) groups is 1. The number of nitrogens with zero attached hydrogens (tertiary/aromatic N) is 1. The SMILES string of the molecule is CC(=O)NCC[C@]1(C(F)(F)F)C=CC1(CC(F)(F)F)C1=C(C)C=C2N=C(c3ccc(Oc4ccc(C)cc4)cc3)OC21C. The number of halogens is 6. The molecule has 1 aliphatic heterocycles. The van der Waals surface area contributed by atoms with Gasteiger partial charge in [-0.15, -0.1) is 0 Å². The maximum Gasteiger partial charge on any atom is 0.399 e. The van der Waals surface area contributed by atoms with Crippen molar-refractivity contribution in [1.82, 2.24) is 5.32 Å². The second-order valence-electron chi connectivity index (χ2n) is 11.4. The molecular formula is C32H30F6N2O3. The summed E-state index contributed by atoms with van der Waals surface area (Å²) in [5.74, 6) is 0.634. The lowest BCUT2D eigenvalue weighted by atomic mass is 9.47. The Balaban J connectivity index is 1.48. The lowest BCUT2D eigenvalue weighted by Gasteiger charge is -2.57. The smallest absolute Gasteiger partial charge is 0.399 e. The lowest BCUT2D eigenvalue weighted by Crippen LogP contribution is -2.61. The van der Waals surface area contributed by atoms with Crippen molar-refractivity contribution in [3.63, 3.8) is 0 Å². The molecule has 5 rings (SSSR count). The van der Waals surface area contributed by atoms with Crippen LogP contribution in [0.15, 0.2) is 88.6 Å². The van der Waals surface area contributed by atoms with Crippen LogP contribution in [0.5, 0.6) is 11.5 Å². The molecule has 228 valence electrons. The van der Waals surface area contributed by atoms with Crippen LogP contribution in [0.1, 0.15) is 44.7 Å². The first-order valence-corrected chi connectivity index (χ1v) is 13.6. The molecule has 2 unspecified atom stereocenters. The number of alkyl halides is 6. The molecule has 0 saturated heterocycles. The van der Waals surface area contributed by atoms with Crippen molar-refractivity contribution in [2.75, 3.05) is 6.54 Å². The first-order valence-electron chi connectivity index (χ1n) is 13.6. The average molecular weight is 605 g/mol. The Labute approximate surface area is 245 Å². The van der Waals surface area contributed by atoms with Crippen molar-refractivity contribution in [1.29, 1.82) is 0 Å². The first kappa shape index (κ1) is 30.4. The molecule has 1 heterocycles. The van der Waals surface area contributed by atoms with Gasteiger partial charge in [-0.2, -0.15) is 26.3 Å². The van der Waals surface area contributed by atoms with Gasteiger partial charge in [-0.3, -0.25) is 4.79 Å². The molecule has 2 aromatic carbocycles. The topological polar surface area (TPSA) is 59.9 Å². The van der Waals surface area contributed by atoms with Gasteiger partial charge in [0, 0.05) is 24.4 Å². The van der Waals surface area contributed by atoms with E-state index in [0.717, 1.165) is 24.6 Å². The summed E-state index contributed by atoms with van der Waals surface area (Å²) in [4.78, 5) is 15.9. The second-order valence-corrected chi connectivity index (χ2v) is 11.4. The number of carbonyl (C=O) groups excluding carboxylic acids is 1. The van der Waals surface area contributed by atoms with E-state index in [4.69, 9.17) is 9.47 Å². The van der Waals surface area contributed by atoms with Gasteiger partial charge in [-0.1, -0.05) is 29.8 Å². The van der Waals surface area contributed by atoms with Crippen LogP contribution in [-0.2, 0) is 9.53 Å². The molecule has 0 saturated carbocycles. The largest absolute Gasteiger partial charge is 0.460 e. The molecule has 1 N–H and O–H groups in total. The number of ether oxygens (including phenoxy) is 2. The van der Waals surface area contributed by atoms with Crippen LogP contribution in [0, 0.1) is 17.8 Å². The van der Waals surface area contributed by atoms with Gasteiger partial charge in [-0.25, -0.2) is 4.99 Å². The number of fused-ring (bicyclic) bond motifs is 1. The summed E-state index contributed by atoms with van der Waals surface area (Å²) in [6.45, 7) is 5.56. The molecule has 1 amide bonds. The van der Waals surface area contributed by atoms with E-state index in [1.807, 2.05) is 31.2 Å². The fourth-order valence-corrected chi connectivity index (χ4v) is 6.44. The van der Waals surface area contributed by atoms with Crippen molar-refractivity contribution < 1.29 is 40.6 Å². The Kier molecular flexibility index (Phi) is 7.30. The van der Waals surface area contributed by atoms with Gasteiger partial charge < -0.3 is 14.8 Å². The highest BCUT2D eigenvalue weighted by Crippen LogP contribution is 2.71. The molecule has 43 heavy (non-hydrogen) atoms. The van der Waals surface area contributed by atoms with Crippen molar-refractivity contribution >= 4 is 11.8 Å². The van der Waals surface area contributed by atoms with Crippen molar-refractivity contribution in [2.24, 2.45) is 15.8 Å². The van der Waals surface area contributed by atoms with E-state index in [1.165, 1.54) is 19.9 Å². The van der Waals surface area contributed by atoms with Crippen molar-refractivity contribution in [2.45, 2.75) is 58.5 Å². The van der Waals surface area contributed by atoms with E-state index in [2.05, 4.69) is 10.3 Å². The molecular weight excluding hydrogens is 574 g/mol. The summed E-state index contributed by atoms with van der Waals surface area (Å²) in [5.41, 5.74) is -5.25. The van der Waals surface area contributed by atoms with Gasteiger partial charge in [0.2, 0.25) is 11.8 Å². The third-order valence-corrected chi connectivity index (χ3v) is 8.37. The van der Waals surface area contributed by atoms with Crippen LogP contribution in [-0.4, -0.2) is 36.3 Å². The number of hydrogen-bond acceptors (Lipinski definition) is 4. The molecule has 11 heteroatoms. The number of nitrogens with one attached hydrogen (secondary N) is 1. The highest BCUT2D eigenvalue weighted by molar-refractivity contribution is 5.98. The average Bonchev–Trinajstić information content (AvgIpc) is 3.33. The maximum absolute atomic E-state index is 14.9. The summed E-state index contributed by atoms with van der Waals surface area (Å²) >= 11 is 0. The normalized spacial score (nSPS) is 26.4. The van der Waals surface area contributed by atoms with E-state index in [1.54, 1.807) is 24.3 Å². The zero-order valence-electron chi connectivity index (χ0n) is 23.9. The quantitative estimate of drug-likeness (QED) is 0.245. The summed E-state index contributed by atoms with van der Waals surface area (Å²) in [6.07, 6.45) is -9.29. The standard InChI is InChI=1S/C32H30F6N2O3/c1-19-5-9-23(10-6-19)42-24-11-7-22(8-12-24)27-40-25-17-20(2)26(28(25,4)43-27)29(18-31(33,34)35)13-14-30(29,32(36,37)38)15-16-39-21(3)41/h5-14,17H,15-16,18H2,1-4H3,(H,39,41)/t28?,29?,30-/m1/s1. The summed E-state index contributed by atoms with van der Waals surface area (Å²) in [7, 11) is 0. The van der Waals surface area contributed by atoms with Crippen molar-refractivity contribution in [3.8, 4) is 11.5 Å². The van der Waals surface area contributed by atoms with Gasteiger partial charge in [0.25, 0.3) is 0 Å². The van der Waals surface area contributed by atoms with Crippen molar-refractivity contribution in [3.05, 3.63) is 94.7 Å². The van der Waals surface area contributed by atoms with Gasteiger partial charge in [0.15, 0.2) is 5.60 Å². The number of aryl methyl sites for hydroxylation is 1. The number of rotatable bonds is 8. The molecule has 0 fully saturated rings. The second kappa shape index (κ2) is 10.3. The molecule has 3 atom stereocenters. The molecule has 2 aliphatic carbocycles. The van der Waals surface area contributed by atoms with E-state index < -0.39 is 54.1 Å². The first-order chi connectivity index (χ1) is 20.0. The van der Waals surface area contributed by atoms with Gasteiger partial charge in [-0.05, 0) is 80.8 Å². The third kappa shape index (κ3) is 5.23. The fraction of sp³-hybridized carbons (Fsp3) is 0.375. The van der Waals surface area contributed by atoms with Crippen LogP contribution in [0.3, 0.4) is 0 Å². The van der Waals surface area contributed by atoms with Crippen LogP contribution < -0.4 is 10.1 Å². The number of benzene rings is 2. The summed E-state index contributed by atoms with van der Waals surface area (Å²) in [6, 6.07) is 14.1. The third-order valence-electron chi connectivity index (χ3n) is 8.37. The summed E-state index contributed by atoms with van der Waals surface area (Å²) in [5, 5.41) is 2.30. The van der Waals surface area contributed by atoms with Crippen LogP contribution in [0.4, 0.5) is 26.3 Å². The minimum Gasteiger partial charge on any atom is -0.460 e. The van der Waals surface area contributed by atoms with Gasteiger partial charge in [0.05, 0.1) is 17.5 Å². The minimum absolute atomic E-state index is 0.0713. The van der Waals surface area contributed by atoms with Crippen LogP contribution >= 0.6 is 0 Å². The number of carbonyl (C=O) groups is 1. The van der Waals surface area contributed by atoms with E-state index >= 15 is 0 Å². The molecule has 0 aromatic heterocycles. The fourth-order valence-electron chi connectivity index (χ4n) is 6.44. The summed E-state index contributed by atoms with van der Waals surface area (Å²) < 4.78 is 99.3. The predicted molar refractivity (Wildman–Crippen MR) is 149 cm³/mol. The van der Waals surface area contributed by atoms with Crippen LogP contribution in [0.25, 0.3) is 0 Å². The minimum atomic E-state index is -5.06. The van der Waals surface area contributed by atoms with Gasteiger partial charge in [0.1, 0.15) is 11.5 Å².